The summed E-state index contributed by atoms with van der Waals surface area (Å²) < 4.78 is 1.36. The SMILES string of the molecule is Cc1nccnc1C=C1SCCS1. The Morgan fingerprint density at radius 1 is 1.23 bits per heavy atom. The lowest BCUT2D eigenvalue weighted by atomic mass is 10.3. The number of hydrogen-bond acceptors (Lipinski definition) is 4. The molecule has 1 fully saturated rings. The van der Waals surface area contributed by atoms with E-state index in [9.17, 15) is 0 Å². The molecule has 1 saturated heterocycles. The standard InChI is InChI=1S/C9H10N2S2/c1-7-8(11-3-2-10-7)6-9-12-4-5-13-9/h2-3,6H,4-5H2,1H3. The summed E-state index contributed by atoms with van der Waals surface area (Å²) in [4.78, 5) is 8.47. The summed E-state index contributed by atoms with van der Waals surface area (Å²) in [5.74, 6) is 2.44. The van der Waals surface area contributed by atoms with Crippen LogP contribution >= 0.6 is 23.5 Å². The number of hydrogen-bond donors (Lipinski definition) is 0. The van der Waals surface area contributed by atoms with Gasteiger partial charge in [-0.2, -0.15) is 0 Å². The van der Waals surface area contributed by atoms with Crippen molar-refractivity contribution in [1.82, 2.24) is 9.97 Å². The van der Waals surface area contributed by atoms with Gasteiger partial charge in [0.05, 0.1) is 11.4 Å². The Bertz CT molecular complexity index is 328. The first kappa shape index (κ1) is 9.09. The van der Waals surface area contributed by atoms with E-state index in [4.69, 9.17) is 0 Å². The van der Waals surface area contributed by atoms with E-state index < -0.39 is 0 Å². The Balaban J connectivity index is 2.25. The van der Waals surface area contributed by atoms with E-state index in [1.165, 1.54) is 15.7 Å². The molecule has 0 atom stereocenters. The maximum atomic E-state index is 4.28. The molecule has 0 unspecified atom stereocenters. The maximum absolute atomic E-state index is 4.28. The molecule has 0 N–H and O–H groups in total. The van der Waals surface area contributed by atoms with Crippen LogP contribution < -0.4 is 0 Å². The molecule has 0 aromatic carbocycles. The lowest BCUT2D eigenvalue weighted by Gasteiger charge is -1.98. The molecule has 68 valence electrons. The van der Waals surface area contributed by atoms with Crippen LogP contribution in [0.4, 0.5) is 0 Å². The molecule has 0 spiro atoms. The van der Waals surface area contributed by atoms with Gasteiger partial charge in [-0.05, 0) is 13.0 Å². The van der Waals surface area contributed by atoms with E-state index in [0.717, 1.165) is 11.4 Å². The highest BCUT2D eigenvalue weighted by Crippen LogP contribution is 2.37. The van der Waals surface area contributed by atoms with Crippen molar-refractivity contribution in [2.24, 2.45) is 0 Å². The normalized spacial score (nSPS) is 16.2. The minimum atomic E-state index is 0.999. The number of rotatable bonds is 1. The molecule has 0 amide bonds. The number of nitrogens with zero attached hydrogens (tertiary/aromatic N) is 2. The highest BCUT2D eigenvalue weighted by molar-refractivity contribution is 8.25. The monoisotopic (exact) mass is 210 g/mol. The Morgan fingerprint density at radius 2 is 1.92 bits per heavy atom. The zero-order valence-corrected chi connectivity index (χ0v) is 8.99. The Morgan fingerprint density at radius 3 is 2.62 bits per heavy atom. The molecule has 0 saturated carbocycles. The largest absolute Gasteiger partial charge is 0.258 e. The lowest BCUT2D eigenvalue weighted by Crippen LogP contribution is -1.88. The van der Waals surface area contributed by atoms with Crippen molar-refractivity contribution in [2.75, 3.05) is 11.5 Å². The van der Waals surface area contributed by atoms with Gasteiger partial charge in [0.15, 0.2) is 0 Å². The van der Waals surface area contributed by atoms with Crippen molar-refractivity contribution in [3.05, 3.63) is 28.0 Å². The van der Waals surface area contributed by atoms with Gasteiger partial charge in [0, 0.05) is 28.1 Å². The summed E-state index contributed by atoms with van der Waals surface area (Å²) in [7, 11) is 0. The third-order valence-corrected chi connectivity index (χ3v) is 4.33. The fourth-order valence-corrected chi connectivity index (χ4v) is 3.37. The summed E-state index contributed by atoms with van der Waals surface area (Å²) in [6.07, 6.45) is 5.60. The van der Waals surface area contributed by atoms with Gasteiger partial charge in [-0.3, -0.25) is 9.97 Å². The van der Waals surface area contributed by atoms with Crippen molar-refractivity contribution in [1.29, 1.82) is 0 Å². The zero-order valence-electron chi connectivity index (χ0n) is 7.36. The molecule has 1 aromatic heterocycles. The van der Waals surface area contributed by atoms with Crippen LogP contribution in [0.25, 0.3) is 6.08 Å². The van der Waals surface area contributed by atoms with Crippen molar-refractivity contribution < 1.29 is 0 Å². The number of thioether (sulfide) groups is 2. The molecule has 0 radical (unpaired) electrons. The van der Waals surface area contributed by atoms with E-state index in [-0.39, 0.29) is 0 Å². The van der Waals surface area contributed by atoms with Gasteiger partial charge in [0.1, 0.15) is 0 Å². The maximum Gasteiger partial charge on any atom is 0.0858 e. The molecule has 2 rings (SSSR count). The van der Waals surface area contributed by atoms with Crippen molar-refractivity contribution in [2.45, 2.75) is 6.92 Å². The molecular formula is C9H10N2S2. The molecular weight excluding hydrogens is 200 g/mol. The topological polar surface area (TPSA) is 25.8 Å². The molecule has 0 bridgehead atoms. The van der Waals surface area contributed by atoms with Gasteiger partial charge >= 0.3 is 0 Å². The Hall–Kier alpha value is -0.480. The van der Waals surface area contributed by atoms with Crippen LogP contribution in [0.3, 0.4) is 0 Å². The quantitative estimate of drug-likeness (QED) is 0.711. The second-order valence-electron chi connectivity index (χ2n) is 2.69. The number of aromatic nitrogens is 2. The van der Waals surface area contributed by atoms with E-state index in [0.29, 0.717) is 0 Å². The van der Waals surface area contributed by atoms with Crippen LogP contribution in [0, 0.1) is 6.92 Å². The van der Waals surface area contributed by atoms with Crippen LogP contribution in [-0.2, 0) is 0 Å². The van der Waals surface area contributed by atoms with E-state index in [1.807, 2.05) is 30.4 Å². The van der Waals surface area contributed by atoms with Gasteiger partial charge in [-0.15, -0.1) is 23.5 Å². The minimum absolute atomic E-state index is 0.999. The highest BCUT2D eigenvalue weighted by Gasteiger charge is 2.08. The Kier molecular flexibility index (Phi) is 2.90. The van der Waals surface area contributed by atoms with Crippen molar-refractivity contribution in [3.63, 3.8) is 0 Å². The van der Waals surface area contributed by atoms with E-state index >= 15 is 0 Å². The second-order valence-corrected chi connectivity index (χ2v) is 5.22. The summed E-state index contributed by atoms with van der Waals surface area (Å²) in [5, 5.41) is 0. The van der Waals surface area contributed by atoms with Crippen LogP contribution in [0.15, 0.2) is 16.6 Å². The number of aryl methyl sites for hydroxylation is 1. The predicted octanol–water partition coefficient (Wildman–Crippen LogP) is 2.56. The molecule has 1 aliphatic heterocycles. The van der Waals surface area contributed by atoms with Crippen LogP contribution in [0.1, 0.15) is 11.4 Å². The molecule has 0 aliphatic carbocycles. The van der Waals surface area contributed by atoms with Crippen LogP contribution in [0.2, 0.25) is 0 Å². The summed E-state index contributed by atoms with van der Waals surface area (Å²) in [6, 6.07) is 0. The molecule has 13 heavy (non-hydrogen) atoms. The Labute approximate surface area is 86.2 Å². The highest BCUT2D eigenvalue weighted by atomic mass is 32.2. The zero-order chi connectivity index (χ0) is 9.10. The average Bonchev–Trinajstić information content (AvgIpc) is 2.61. The fourth-order valence-electron chi connectivity index (χ4n) is 1.08. The first-order valence-corrected chi connectivity index (χ1v) is 6.08. The summed E-state index contributed by atoms with van der Waals surface area (Å²) in [6.45, 7) is 1.99. The van der Waals surface area contributed by atoms with Gasteiger partial charge in [-0.1, -0.05) is 0 Å². The third-order valence-electron chi connectivity index (χ3n) is 1.75. The minimum Gasteiger partial charge on any atom is -0.258 e. The van der Waals surface area contributed by atoms with Crippen molar-refractivity contribution in [3.8, 4) is 0 Å². The molecule has 2 nitrogen and oxygen atoms in total. The summed E-state index contributed by atoms with van der Waals surface area (Å²) in [5.41, 5.74) is 2.00. The van der Waals surface area contributed by atoms with Crippen molar-refractivity contribution >= 4 is 29.6 Å². The fraction of sp³-hybridized carbons (Fsp3) is 0.333. The van der Waals surface area contributed by atoms with Gasteiger partial charge in [-0.25, -0.2) is 0 Å². The first-order chi connectivity index (χ1) is 6.36. The average molecular weight is 210 g/mol. The van der Waals surface area contributed by atoms with Crippen LogP contribution in [-0.4, -0.2) is 21.5 Å². The first-order valence-electron chi connectivity index (χ1n) is 4.11. The molecule has 2 heterocycles. The molecule has 1 aliphatic rings. The molecule has 4 heteroatoms. The second kappa shape index (κ2) is 4.15. The molecule has 1 aromatic rings. The van der Waals surface area contributed by atoms with Gasteiger partial charge in [0.25, 0.3) is 0 Å². The van der Waals surface area contributed by atoms with E-state index in [1.54, 1.807) is 12.4 Å². The van der Waals surface area contributed by atoms with Gasteiger partial charge in [0.2, 0.25) is 0 Å². The summed E-state index contributed by atoms with van der Waals surface area (Å²) >= 11 is 3.80. The van der Waals surface area contributed by atoms with Crippen LogP contribution in [0.5, 0.6) is 0 Å². The third kappa shape index (κ3) is 2.25. The predicted molar refractivity (Wildman–Crippen MR) is 59.7 cm³/mol. The smallest absolute Gasteiger partial charge is 0.0858 e. The van der Waals surface area contributed by atoms with E-state index in [2.05, 4.69) is 16.0 Å². The van der Waals surface area contributed by atoms with Gasteiger partial charge < -0.3 is 0 Å². The lowest BCUT2D eigenvalue weighted by molar-refractivity contribution is 1.10.